The normalized spacial score (nSPS) is 11.8. The van der Waals surface area contributed by atoms with Gasteiger partial charge < -0.3 is 9.73 Å². The molecule has 21 heavy (non-hydrogen) atoms. The maximum Gasteiger partial charge on any atom is 0.267 e. The minimum atomic E-state index is -3.70. The summed E-state index contributed by atoms with van der Waals surface area (Å²) in [4.78, 5) is 0.128. The van der Waals surface area contributed by atoms with Crippen LogP contribution in [-0.4, -0.2) is 25.2 Å². The van der Waals surface area contributed by atoms with Crippen molar-refractivity contribution in [2.45, 2.75) is 38.6 Å². The molecule has 0 unspecified atom stereocenters. The molecule has 0 amide bonds. The van der Waals surface area contributed by atoms with Gasteiger partial charge in [-0.25, -0.2) is 8.42 Å². The van der Waals surface area contributed by atoms with Gasteiger partial charge >= 0.3 is 0 Å². The van der Waals surface area contributed by atoms with Crippen molar-refractivity contribution in [1.82, 2.24) is 15.5 Å². The third kappa shape index (κ3) is 4.02. The largest absolute Gasteiger partial charge is 0.464 e. The Morgan fingerprint density at radius 3 is 2.71 bits per heavy atom. The van der Waals surface area contributed by atoms with E-state index in [-0.39, 0.29) is 10.0 Å². The van der Waals surface area contributed by atoms with Crippen molar-refractivity contribution in [1.29, 1.82) is 0 Å². The van der Waals surface area contributed by atoms with Gasteiger partial charge in [0.2, 0.25) is 5.13 Å². The summed E-state index contributed by atoms with van der Waals surface area (Å²) < 4.78 is 32.5. The van der Waals surface area contributed by atoms with E-state index in [9.17, 15) is 8.42 Å². The topological polar surface area (TPSA) is 97.1 Å². The first-order valence-electron chi connectivity index (χ1n) is 6.55. The van der Waals surface area contributed by atoms with E-state index in [1.807, 2.05) is 0 Å². The minimum absolute atomic E-state index is 0.128. The summed E-state index contributed by atoms with van der Waals surface area (Å²) in [5, 5.41) is 11.7. The smallest absolute Gasteiger partial charge is 0.267 e. The number of aromatic nitrogens is 2. The zero-order chi connectivity index (χ0) is 15.5. The Bertz CT molecular complexity index is 706. The van der Waals surface area contributed by atoms with Crippen LogP contribution in [-0.2, 0) is 16.6 Å². The van der Waals surface area contributed by atoms with Crippen molar-refractivity contribution in [2.75, 3.05) is 11.3 Å². The summed E-state index contributed by atoms with van der Waals surface area (Å²) in [6, 6.07) is 1.54. The van der Waals surface area contributed by atoms with Crippen molar-refractivity contribution in [2.24, 2.45) is 0 Å². The number of hydrogen-bond donors (Lipinski definition) is 2. The minimum Gasteiger partial charge on any atom is -0.464 e. The zero-order valence-corrected chi connectivity index (χ0v) is 13.8. The molecule has 9 heteroatoms. The molecule has 2 aromatic heterocycles. The van der Waals surface area contributed by atoms with Crippen LogP contribution in [0.15, 0.2) is 15.4 Å². The lowest BCUT2D eigenvalue weighted by Crippen LogP contribution is -2.14. The van der Waals surface area contributed by atoms with Gasteiger partial charge in [0.1, 0.15) is 21.4 Å². The second-order valence-electron chi connectivity index (χ2n) is 4.54. The summed E-state index contributed by atoms with van der Waals surface area (Å²) >= 11 is 1.18. The number of anilines is 1. The van der Waals surface area contributed by atoms with Crippen molar-refractivity contribution in [3.8, 4) is 0 Å². The highest BCUT2D eigenvalue weighted by Crippen LogP contribution is 2.24. The molecule has 0 bridgehead atoms. The molecule has 0 spiro atoms. The predicted octanol–water partition coefficient (Wildman–Crippen LogP) is 2.05. The van der Waals surface area contributed by atoms with Gasteiger partial charge in [0.25, 0.3) is 10.0 Å². The molecule has 0 fully saturated rings. The lowest BCUT2D eigenvalue weighted by molar-refractivity contribution is 0.457. The second kappa shape index (κ2) is 6.54. The molecule has 0 aliphatic heterocycles. The number of sulfonamides is 1. The number of rotatable bonds is 7. The number of furan rings is 1. The van der Waals surface area contributed by atoms with E-state index in [1.54, 1.807) is 13.8 Å². The van der Waals surface area contributed by atoms with Gasteiger partial charge in [-0.05, 0) is 26.8 Å². The maximum absolute atomic E-state index is 12.3. The molecule has 2 rings (SSSR count). The van der Waals surface area contributed by atoms with E-state index in [1.165, 1.54) is 17.4 Å². The fourth-order valence-electron chi connectivity index (χ4n) is 1.77. The van der Waals surface area contributed by atoms with Crippen LogP contribution in [0.4, 0.5) is 5.13 Å². The number of nitrogens with zero attached hydrogens (tertiary/aromatic N) is 2. The van der Waals surface area contributed by atoms with E-state index in [4.69, 9.17) is 4.42 Å². The molecule has 2 heterocycles. The molecule has 0 aromatic carbocycles. The average molecular weight is 330 g/mol. The maximum atomic E-state index is 12.3. The highest BCUT2D eigenvalue weighted by atomic mass is 32.2. The Morgan fingerprint density at radius 1 is 1.33 bits per heavy atom. The summed E-state index contributed by atoms with van der Waals surface area (Å²) in [6.45, 7) is 6.80. The third-order valence-corrected chi connectivity index (χ3v) is 5.02. The molecular weight excluding hydrogens is 312 g/mol. The van der Waals surface area contributed by atoms with Gasteiger partial charge in [0.15, 0.2) is 0 Å². The van der Waals surface area contributed by atoms with E-state index < -0.39 is 10.0 Å². The quantitative estimate of drug-likeness (QED) is 0.754. The van der Waals surface area contributed by atoms with Crippen LogP contribution >= 0.6 is 11.3 Å². The molecule has 2 aromatic rings. The zero-order valence-electron chi connectivity index (χ0n) is 12.1. The van der Waals surface area contributed by atoms with Crippen LogP contribution < -0.4 is 10.0 Å². The van der Waals surface area contributed by atoms with E-state index in [0.717, 1.165) is 13.0 Å². The third-order valence-electron chi connectivity index (χ3n) is 2.69. The van der Waals surface area contributed by atoms with Crippen LogP contribution in [0, 0.1) is 13.8 Å². The van der Waals surface area contributed by atoms with Crippen molar-refractivity contribution < 1.29 is 12.8 Å². The predicted molar refractivity (Wildman–Crippen MR) is 80.9 cm³/mol. The number of nitrogens with one attached hydrogen (secondary N) is 2. The van der Waals surface area contributed by atoms with Crippen molar-refractivity contribution in [3.05, 3.63) is 22.6 Å². The molecule has 0 saturated heterocycles. The summed E-state index contributed by atoms with van der Waals surface area (Å²) in [7, 11) is -3.70. The summed E-state index contributed by atoms with van der Waals surface area (Å²) in [5.74, 6) is 0.951. The molecule has 0 aliphatic rings. The fourth-order valence-corrected chi connectivity index (χ4v) is 3.80. The Morgan fingerprint density at radius 2 is 2.10 bits per heavy atom. The molecule has 0 radical (unpaired) electrons. The number of hydrogen-bond acceptors (Lipinski definition) is 7. The first kappa shape index (κ1) is 15.9. The molecule has 0 aliphatic carbocycles. The molecule has 7 nitrogen and oxygen atoms in total. The lowest BCUT2D eigenvalue weighted by atomic mass is 10.4. The Balaban J connectivity index is 2.16. The van der Waals surface area contributed by atoms with Crippen molar-refractivity contribution in [3.63, 3.8) is 0 Å². The number of aryl methyl sites for hydroxylation is 2. The first-order valence-corrected chi connectivity index (χ1v) is 8.85. The van der Waals surface area contributed by atoms with Gasteiger partial charge in [-0.15, -0.1) is 10.2 Å². The average Bonchev–Trinajstić information content (AvgIpc) is 2.96. The first-order chi connectivity index (χ1) is 9.92. The van der Waals surface area contributed by atoms with E-state index in [2.05, 4.69) is 27.2 Å². The molecule has 2 N–H and O–H groups in total. The second-order valence-corrected chi connectivity index (χ2v) is 7.37. The van der Waals surface area contributed by atoms with E-state index in [0.29, 0.717) is 23.1 Å². The monoisotopic (exact) mass is 330 g/mol. The molecule has 116 valence electrons. The van der Waals surface area contributed by atoms with Gasteiger partial charge in [-0.1, -0.05) is 18.3 Å². The fraction of sp³-hybridized carbons (Fsp3) is 0.500. The Hall–Kier alpha value is -1.45. The molecule has 0 atom stereocenters. The van der Waals surface area contributed by atoms with Gasteiger partial charge in [-0.2, -0.15) is 0 Å². The Kier molecular flexibility index (Phi) is 4.96. The van der Waals surface area contributed by atoms with E-state index >= 15 is 0 Å². The van der Waals surface area contributed by atoms with Crippen LogP contribution in [0.3, 0.4) is 0 Å². The van der Waals surface area contributed by atoms with Gasteiger partial charge in [0, 0.05) is 6.07 Å². The standard InChI is InChI=1S/C12H18N4O3S2/c1-4-5-13-7-10-6-11(8(2)19-10)21(17,18)16-12-15-14-9(3)20-12/h6,13H,4-5,7H2,1-3H3,(H,15,16). The van der Waals surface area contributed by atoms with Gasteiger partial charge in [0.05, 0.1) is 6.54 Å². The lowest BCUT2D eigenvalue weighted by Gasteiger charge is -2.02. The van der Waals surface area contributed by atoms with Crippen LogP contribution in [0.1, 0.15) is 29.9 Å². The molecular formula is C12H18N4O3S2. The Labute approximate surface area is 127 Å². The SMILES string of the molecule is CCCNCc1cc(S(=O)(=O)Nc2nnc(C)s2)c(C)o1. The van der Waals surface area contributed by atoms with Gasteiger partial charge in [-0.3, -0.25) is 4.72 Å². The molecule has 0 saturated carbocycles. The summed E-state index contributed by atoms with van der Waals surface area (Å²) in [6.07, 6.45) is 1.00. The van der Waals surface area contributed by atoms with Crippen molar-refractivity contribution >= 4 is 26.5 Å². The highest BCUT2D eigenvalue weighted by molar-refractivity contribution is 7.93. The van der Waals surface area contributed by atoms with Crippen LogP contribution in [0.2, 0.25) is 0 Å². The van der Waals surface area contributed by atoms with Crippen LogP contribution in [0.25, 0.3) is 0 Å². The summed E-state index contributed by atoms with van der Waals surface area (Å²) in [5.41, 5.74) is 0. The highest BCUT2D eigenvalue weighted by Gasteiger charge is 2.22. The van der Waals surface area contributed by atoms with Crippen LogP contribution in [0.5, 0.6) is 0 Å².